The van der Waals surface area contributed by atoms with E-state index in [0.717, 1.165) is 0 Å². The summed E-state index contributed by atoms with van der Waals surface area (Å²) in [5.74, 6) is -1.26. The van der Waals surface area contributed by atoms with Crippen molar-refractivity contribution in [2.45, 2.75) is 0 Å². The van der Waals surface area contributed by atoms with Gasteiger partial charge in [0.2, 0.25) is 0 Å². The first kappa shape index (κ1) is 15.4. The fourth-order valence-electron chi connectivity index (χ4n) is 2.04. The number of thioether (sulfide) groups is 1. The first-order valence-corrected chi connectivity index (χ1v) is 7.81. The van der Waals surface area contributed by atoms with Crippen LogP contribution in [-0.4, -0.2) is 26.3 Å². The Labute approximate surface area is 141 Å². The first-order chi connectivity index (χ1) is 11.1. The molecule has 0 atom stereocenters. The van der Waals surface area contributed by atoms with E-state index >= 15 is 0 Å². The van der Waals surface area contributed by atoms with Gasteiger partial charge in [0.15, 0.2) is 4.32 Å². The molecule has 3 rings (SSSR count). The summed E-state index contributed by atoms with van der Waals surface area (Å²) >= 11 is 6.46. The van der Waals surface area contributed by atoms with Gasteiger partial charge >= 0.3 is 5.97 Å². The minimum absolute atomic E-state index is 0.156. The minimum atomic E-state index is -1.02. The highest BCUT2D eigenvalue weighted by Gasteiger charge is 2.33. The average molecular weight is 342 g/mol. The monoisotopic (exact) mass is 342 g/mol. The second-order valence-corrected chi connectivity index (χ2v) is 6.30. The summed E-state index contributed by atoms with van der Waals surface area (Å²) in [6.45, 7) is 0. The summed E-state index contributed by atoms with van der Waals surface area (Å²) in [5.41, 5.74) is 1.37. The van der Waals surface area contributed by atoms with Crippen molar-refractivity contribution in [1.29, 1.82) is 0 Å². The zero-order valence-electron chi connectivity index (χ0n) is 11.7. The Morgan fingerprint density at radius 1 is 1.22 bits per heavy atom. The molecular formula is C16H10N2O3S2. The van der Waals surface area contributed by atoms with Crippen LogP contribution >= 0.6 is 24.0 Å². The average Bonchev–Trinajstić information content (AvgIpc) is 2.82. The van der Waals surface area contributed by atoms with Crippen molar-refractivity contribution >= 4 is 51.9 Å². The molecule has 1 N–H and O–H groups in total. The maximum Gasteiger partial charge on any atom is 0.335 e. The number of thiocarbonyl (C=S) groups is 1. The summed E-state index contributed by atoms with van der Waals surface area (Å²) in [4.78, 5) is 29.5. The molecule has 2 heterocycles. The lowest BCUT2D eigenvalue weighted by Crippen LogP contribution is -2.27. The zero-order chi connectivity index (χ0) is 16.4. The van der Waals surface area contributed by atoms with Crippen molar-refractivity contribution in [3.05, 3.63) is 64.8 Å². The van der Waals surface area contributed by atoms with E-state index in [1.54, 1.807) is 36.5 Å². The predicted molar refractivity (Wildman–Crippen MR) is 93.3 cm³/mol. The van der Waals surface area contributed by atoms with Gasteiger partial charge in [-0.05, 0) is 42.5 Å². The highest BCUT2D eigenvalue weighted by atomic mass is 32.2. The molecule has 114 valence electrons. The Morgan fingerprint density at radius 3 is 2.57 bits per heavy atom. The van der Waals surface area contributed by atoms with E-state index < -0.39 is 5.97 Å². The van der Waals surface area contributed by atoms with Crippen molar-refractivity contribution < 1.29 is 14.7 Å². The second-order valence-electron chi connectivity index (χ2n) is 4.62. The number of carboxylic acids is 1. The fourth-order valence-corrected chi connectivity index (χ4v) is 3.32. The van der Waals surface area contributed by atoms with Crippen LogP contribution in [0.25, 0.3) is 6.08 Å². The maximum atomic E-state index is 12.5. The number of hydrogen-bond donors (Lipinski definition) is 1. The van der Waals surface area contributed by atoms with E-state index in [1.165, 1.54) is 28.8 Å². The minimum Gasteiger partial charge on any atom is -0.478 e. The molecule has 1 aromatic heterocycles. The van der Waals surface area contributed by atoms with Crippen LogP contribution in [0.1, 0.15) is 16.1 Å². The number of rotatable bonds is 3. The molecular weight excluding hydrogens is 332 g/mol. The Bertz CT molecular complexity index is 817. The lowest BCUT2D eigenvalue weighted by atomic mass is 10.2. The van der Waals surface area contributed by atoms with E-state index in [-0.39, 0.29) is 11.5 Å². The standard InChI is InChI=1S/C16H10N2O3S2/c19-14-13(9-11-3-1-2-8-17-11)23-16(22)18(14)12-6-4-10(5-7-12)15(20)21/h1-9H,(H,20,21)/b13-9-. The molecule has 0 bridgehead atoms. The molecule has 1 aromatic carbocycles. The predicted octanol–water partition coefficient (Wildman–Crippen LogP) is 3.19. The number of carbonyl (C=O) groups excluding carboxylic acids is 1. The molecule has 1 fully saturated rings. The number of aromatic carboxylic acids is 1. The van der Waals surface area contributed by atoms with Gasteiger partial charge in [0, 0.05) is 6.20 Å². The Kier molecular flexibility index (Phi) is 4.22. The topological polar surface area (TPSA) is 70.5 Å². The maximum absolute atomic E-state index is 12.5. The van der Waals surface area contributed by atoms with Crippen molar-refractivity contribution in [3.63, 3.8) is 0 Å². The molecule has 2 aromatic rings. The van der Waals surface area contributed by atoms with E-state index in [9.17, 15) is 9.59 Å². The largest absolute Gasteiger partial charge is 0.478 e. The number of anilines is 1. The van der Waals surface area contributed by atoms with Gasteiger partial charge in [-0.3, -0.25) is 14.7 Å². The van der Waals surface area contributed by atoms with Crippen LogP contribution in [-0.2, 0) is 4.79 Å². The van der Waals surface area contributed by atoms with Crippen molar-refractivity contribution in [2.24, 2.45) is 0 Å². The number of pyridine rings is 1. The Morgan fingerprint density at radius 2 is 1.96 bits per heavy atom. The highest BCUT2D eigenvalue weighted by Crippen LogP contribution is 2.35. The van der Waals surface area contributed by atoms with Crippen LogP contribution in [0.3, 0.4) is 0 Å². The molecule has 23 heavy (non-hydrogen) atoms. The van der Waals surface area contributed by atoms with Crippen LogP contribution in [0.5, 0.6) is 0 Å². The van der Waals surface area contributed by atoms with Crippen LogP contribution in [0.2, 0.25) is 0 Å². The number of benzene rings is 1. The number of aromatic nitrogens is 1. The van der Waals surface area contributed by atoms with Crippen molar-refractivity contribution in [3.8, 4) is 0 Å². The van der Waals surface area contributed by atoms with E-state index in [2.05, 4.69) is 4.98 Å². The number of nitrogens with zero attached hydrogens (tertiary/aromatic N) is 2. The Hall–Kier alpha value is -2.51. The molecule has 0 saturated carbocycles. The third-order valence-corrected chi connectivity index (χ3v) is 4.44. The molecule has 0 unspecified atom stereocenters. The van der Waals surface area contributed by atoms with Gasteiger partial charge in [-0.15, -0.1) is 0 Å². The third kappa shape index (κ3) is 3.15. The Balaban J connectivity index is 1.90. The molecule has 0 spiro atoms. The fraction of sp³-hybridized carbons (Fsp3) is 0. The molecule has 0 radical (unpaired) electrons. The van der Waals surface area contributed by atoms with Gasteiger partial charge in [-0.1, -0.05) is 30.0 Å². The molecule has 1 saturated heterocycles. The van der Waals surface area contributed by atoms with Crippen molar-refractivity contribution in [1.82, 2.24) is 4.98 Å². The van der Waals surface area contributed by atoms with Gasteiger partial charge in [-0.2, -0.15) is 0 Å². The third-order valence-electron chi connectivity index (χ3n) is 3.13. The number of carboxylic acid groups (broad SMARTS) is 1. The zero-order valence-corrected chi connectivity index (χ0v) is 13.3. The molecule has 1 aliphatic rings. The summed E-state index contributed by atoms with van der Waals surface area (Å²) < 4.78 is 0.403. The molecule has 7 heteroatoms. The van der Waals surface area contributed by atoms with Crippen molar-refractivity contribution in [2.75, 3.05) is 4.90 Å². The van der Waals surface area contributed by atoms with Crippen LogP contribution in [0, 0.1) is 0 Å². The highest BCUT2D eigenvalue weighted by molar-refractivity contribution is 8.27. The van der Waals surface area contributed by atoms with Gasteiger partial charge < -0.3 is 5.11 Å². The summed E-state index contributed by atoms with van der Waals surface area (Å²) in [6.07, 6.45) is 3.34. The smallest absolute Gasteiger partial charge is 0.335 e. The van der Waals surface area contributed by atoms with E-state index in [4.69, 9.17) is 17.3 Å². The van der Waals surface area contributed by atoms with Gasteiger partial charge in [0.25, 0.3) is 5.91 Å². The summed E-state index contributed by atoms with van der Waals surface area (Å²) in [6, 6.07) is 11.5. The molecule has 0 aliphatic carbocycles. The molecule has 5 nitrogen and oxygen atoms in total. The second kappa shape index (κ2) is 6.31. The lowest BCUT2D eigenvalue weighted by Gasteiger charge is -2.14. The summed E-state index contributed by atoms with van der Waals surface area (Å²) in [7, 11) is 0. The van der Waals surface area contributed by atoms with Gasteiger partial charge in [0.05, 0.1) is 21.8 Å². The van der Waals surface area contributed by atoms with Crippen LogP contribution in [0.15, 0.2) is 53.6 Å². The quantitative estimate of drug-likeness (QED) is 0.682. The van der Waals surface area contributed by atoms with Crippen LogP contribution < -0.4 is 4.90 Å². The lowest BCUT2D eigenvalue weighted by molar-refractivity contribution is -0.113. The normalized spacial score (nSPS) is 16.2. The van der Waals surface area contributed by atoms with E-state index in [0.29, 0.717) is 20.6 Å². The SMILES string of the molecule is O=C(O)c1ccc(N2C(=O)/C(=C/c3ccccn3)SC2=S)cc1. The van der Waals surface area contributed by atoms with Gasteiger partial charge in [0.1, 0.15) is 0 Å². The van der Waals surface area contributed by atoms with Crippen LogP contribution in [0.4, 0.5) is 5.69 Å². The molecule has 1 amide bonds. The number of carbonyl (C=O) groups is 2. The number of amides is 1. The molecule has 1 aliphatic heterocycles. The number of hydrogen-bond acceptors (Lipinski definition) is 5. The van der Waals surface area contributed by atoms with E-state index in [1.807, 2.05) is 6.07 Å². The van der Waals surface area contributed by atoms with Gasteiger partial charge in [-0.25, -0.2) is 4.79 Å². The first-order valence-electron chi connectivity index (χ1n) is 6.58. The summed E-state index contributed by atoms with van der Waals surface area (Å²) in [5, 5.41) is 8.92.